The van der Waals surface area contributed by atoms with E-state index in [0.717, 1.165) is 0 Å². The Bertz CT molecular complexity index is 996. The zero-order valence-corrected chi connectivity index (χ0v) is 16.4. The molecule has 0 N–H and O–H groups in total. The van der Waals surface area contributed by atoms with Crippen LogP contribution in [0.1, 0.15) is 29.6 Å². The molecule has 0 saturated carbocycles. The maximum atomic E-state index is 13.0. The van der Waals surface area contributed by atoms with E-state index < -0.39 is 4.92 Å². The minimum atomic E-state index is -0.496. The van der Waals surface area contributed by atoms with E-state index in [1.807, 2.05) is 6.92 Å². The quantitative estimate of drug-likeness (QED) is 0.418. The predicted octanol–water partition coefficient (Wildman–Crippen LogP) is 3.36. The second kappa shape index (κ2) is 8.55. The Balaban J connectivity index is 1.84. The van der Waals surface area contributed by atoms with Crippen molar-refractivity contribution >= 4 is 17.3 Å². The third kappa shape index (κ3) is 4.42. The topological polar surface area (TPSA) is 119 Å². The number of amides is 1. The summed E-state index contributed by atoms with van der Waals surface area (Å²) in [7, 11) is 3.42. The molecule has 0 aliphatic heterocycles. The molecule has 0 bridgehead atoms. The zero-order chi connectivity index (χ0) is 21.0. The van der Waals surface area contributed by atoms with Gasteiger partial charge in [0.05, 0.1) is 17.7 Å². The van der Waals surface area contributed by atoms with Crippen molar-refractivity contribution in [1.29, 1.82) is 0 Å². The molecule has 152 valence electrons. The number of benzene rings is 1. The van der Waals surface area contributed by atoms with Crippen LogP contribution in [0, 0.1) is 10.1 Å². The van der Waals surface area contributed by atoms with E-state index in [2.05, 4.69) is 10.2 Å². The first-order valence-corrected chi connectivity index (χ1v) is 9.02. The van der Waals surface area contributed by atoms with Gasteiger partial charge in [0.1, 0.15) is 5.69 Å². The standard InChI is InChI=1S/C19H21N5O5/c1-4-9-23(12-17-20-21-18(29-17)16-6-5-10-28-16)19(25)13-7-8-14(22(2)3)15(11-13)24(26)27/h5-8,10-11H,4,9,12H2,1-3H3. The summed E-state index contributed by atoms with van der Waals surface area (Å²) in [5.74, 6) is 0.558. The van der Waals surface area contributed by atoms with Crippen molar-refractivity contribution in [2.45, 2.75) is 19.9 Å². The second-order valence-corrected chi connectivity index (χ2v) is 6.56. The highest BCUT2D eigenvalue weighted by Gasteiger charge is 2.23. The van der Waals surface area contributed by atoms with Crippen molar-refractivity contribution in [3.8, 4) is 11.7 Å². The Kier molecular flexibility index (Phi) is 5.91. The number of rotatable bonds is 8. The summed E-state index contributed by atoms with van der Waals surface area (Å²) < 4.78 is 10.8. The van der Waals surface area contributed by atoms with Gasteiger partial charge in [0.2, 0.25) is 5.89 Å². The van der Waals surface area contributed by atoms with Gasteiger partial charge >= 0.3 is 0 Å². The first kappa shape index (κ1) is 20.1. The Morgan fingerprint density at radius 1 is 1.24 bits per heavy atom. The number of nitrogens with zero attached hydrogens (tertiary/aromatic N) is 5. The first-order chi connectivity index (χ1) is 13.9. The van der Waals surface area contributed by atoms with Gasteiger partial charge in [0.25, 0.3) is 17.5 Å². The summed E-state index contributed by atoms with van der Waals surface area (Å²) >= 11 is 0. The molecule has 3 rings (SSSR count). The largest absolute Gasteiger partial charge is 0.459 e. The molecule has 10 heteroatoms. The van der Waals surface area contributed by atoms with Gasteiger partial charge in [-0.3, -0.25) is 14.9 Å². The van der Waals surface area contributed by atoms with Crippen molar-refractivity contribution in [2.24, 2.45) is 0 Å². The molecular weight excluding hydrogens is 378 g/mol. The van der Waals surface area contributed by atoms with Crippen LogP contribution in [0.25, 0.3) is 11.7 Å². The highest BCUT2D eigenvalue weighted by Crippen LogP contribution is 2.28. The van der Waals surface area contributed by atoms with Crippen molar-refractivity contribution < 1.29 is 18.6 Å². The second-order valence-electron chi connectivity index (χ2n) is 6.56. The number of anilines is 1. The first-order valence-electron chi connectivity index (χ1n) is 9.02. The Morgan fingerprint density at radius 2 is 2.03 bits per heavy atom. The van der Waals surface area contributed by atoms with Gasteiger partial charge in [-0.05, 0) is 30.7 Å². The van der Waals surface area contributed by atoms with Crippen LogP contribution in [0.4, 0.5) is 11.4 Å². The summed E-state index contributed by atoms with van der Waals surface area (Å²) in [4.78, 5) is 27.1. The fourth-order valence-electron chi connectivity index (χ4n) is 2.87. The number of aromatic nitrogens is 2. The van der Waals surface area contributed by atoms with Crippen LogP contribution in [-0.4, -0.2) is 46.6 Å². The maximum absolute atomic E-state index is 13.0. The molecule has 0 spiro atoms. The van der Waals surface area contributed by atoms with Crippen molar-refractivity contribution in [3.05, 3.63) is 58.2 Å². The van der Waals surface area contributed by atoms with Crippen LogP contribution in [0.5, 0.6) is 0 Å². The fourth-order valence-corrected chi connectivity index (χ4v) is 2.87. The molecule has 0 aliphatic rings. The normalized spacial score (nSPS) is 10.7. The van der Waals surface area contributed by atoms with E-state index in [9.17, 15) is 14.9 Å². The number of furan rings is 1. The Morgan fingerprint density at radius 3 is 2.66 bits per heavy atom. The van der Waals surface area contributed by atoms with Crippen LogP contribution in [0.15, 0.2) is 45.4 Å². The van der Waals surface area contributed by atoms with E-state index in [1.165, 1.54) is 17.2 Å². The lowest BCUT2D eigenvalue weighted by molar-refractivity contribution is -0.384. The van der Waals surface area contributed by atoms with E-state index in [4.69, 9.17) is 8.83 Å². The van der Waals surface area contributed by atoms with Crippen LogP contribution < -0.4 is 4.90 Å². The zero-order valence-electron chi connectivity index (χ0n) is 16.4. The molecule has 0 saturated heterocycles. The molecule has 29 heavy (non-hydrogen) atoms. The molecule has 2 aromatic heterocycles. The van der Waals surface area contributed by atoms with Gasteiger partial charge in [0.15, 0.2) is 5.76 Å². The number of carbonyl (C=O) groups excluding carboxylic acids is 1. The maximum Gasteiger partial charge on any atom is 0.293 e. The van der Waals surface area contributed by atoms with Crippen LogP contribution in [0.2, 0.25) is 0 Å². The molecular formula is C19H21N5O5. The van der Waals surface area contributed by atoms with Crippen LogP contribution in [0.3, 0.4) is 0 Å². The molecule has 1 amide bonds. The highest BCUT2D eigenvalue weighted by molar-refractivity contribution is 5.95. The summed E-state index contributed by atoms with van der Waals surface area (Å²) in [6, 6.07) is 7.84. The van der Waals surface area contributed by atoms with Crippen LogP contribution in [-0.2, 0) is 6.54 Å². The minimum Gasteiger partial charge on any atom is -0.459 e. The third-order valence-corrected chi connectivity index (χ3v) is 4.21. The monoisotopic (exact) mass is 399 g/mol. The Hall–Kier alpha value is -3.69. The van der Waals surface area contributed by atoms with Gasteiger partial charge in [-0.15, -0.1) is 10.2 Å². The van der Waals surface area contributed by atoms with E-state index in [1.54, 1.807) is 43.3 Å². The molecule has 0 atom stereocenters. The van der Waals surface area contributed by atoms with Crippen molar-refractivity contribution in [2.75, 3.05) is 25.5 Å². The molecule has 0 unspecified atom stereocenters. The molecule has 0 fully saturated rings. The summed E-state index contributed by atoms with van der Waals surface area (Å²) in [5, 5.41) is 19.3. The summed E-state index contributed by atoms with van der Waals surface area (Å²) in [6.07, 6.45) is 2.19. The fraction of sp³-hybridized carbons (Fsp3) is 0.316. The number of nitro benzene ring substituents is 1. The highest BCUT2D eigenvalue weighted by atomic mass is 16.6. The van der Waals surface area contributed by atoms with Crippen LogP contribution >= 0.6 is 0 Å². The SMILES string of the molecule is CCCN(Cc1nnc(-c2ccco2)o1)C(=O)c1ccc(N(C)C)c([N+](=O)[O-])c1. The molecule has 3 aromatic rings. The van der Waals surface area contributed by atoms with Crippen molar-refractivity contribution in [1.82, 2.24) is 15.1 Å². The number of hydrogen-bond acceptors (Lipinski definition) is 8. The average molecular weight is 399 g/mol. The lowest BCUT2D eigenvalue weighted by atomic mass is 10.1. The average Bonchev–Trinajstić information content (AvgIpc) is 3.38. The minimum absolute atomic E-state index is 0.0869. The summed E-state index contributed by atoms with van der Waals surface area (Å²) in [6.45, 7) is 2.45. The van der Waals surface area contributed by atoms with Gasteiger partial charge < -0.3 is 18.6 Å². The van der Waals surface area contributed by atoms with Gasteiger partial charge in [0, 0.05) is 32.3 Å². The van der Waals surface area contributed by atoms with Gasteiger partial charge in [-0.25, -0.2) is 0 Å². The number of nitro groups is 1. The van der Waals surface area contributed by atoms with E-state index in [0.29, 0.717) is 24.4 Å². The predicted molar refractivity (Wildman–Crippen MR) is 104 cm³/mol. The molecule has 0 aliphatic carbocycles. The Labute approximate surface area is 166 Å². The molecule has 0 radical (unpaired) electrons. The number of hydrogen-bond donors (Lipinski definition) is 0. The van der Waals surface area contributed by atoms with E-state index >= 15 is 0 Å². The van der Waals surface area contributed by atoms with E-state index in [-0.39, 0.29) is 35.5 Å². The molecule has 1 aromatic carbocycles. The van der Waals surface area contributed by atoms with Gasteiger partial charge in [-0.2, -0.15) is 0 Å². The number of carbonyl (C=O) groups is 1. The van der Waals surface area contributed by atoms with Gasteiger partial charge in [-0.1, -0.05) is 6.92 Å². The lowest BCUT2D eigenvalue weighted by Gasteiger charge is -2.21. The smallest absolute Gasteiger partial charge is 0.293 e. The molecule has 10 nitrogen and oxygen atoms in total. The summed E-state index contributed by atoms with van der Waals surface area (Å²) in [5.41, 5.74) is 0.519. The lowest BCUT2D eigenvalue weighted by Crippen LogP contribution is -2.31. The van der Waals surface area contributed by atoms with Crippen molar-refractivity contribution in [3.63, 3.8) is 0 Å². The third-order valence-electron chi connectivity index (χ3n) is 4.21. The molecule has 2 heterocycles.